The maximum Gasteiger partial charge on any atom is 0.194 e. The second-order valence-electron chi connectivity index (χ2n) is 3.56. The fourth-order valence-electron chi connectivity index (χ4n) is 1.26. The Balaban J connectivity index is 0.000000280. The minimum atomic E-state index is -0.500. The van der Waals surface area contributed by atoms with Crippen molar-refractivity contribution in [3.63, 3.8) is 0 Å². The van der Waals surface area contributed by atoms with Gasteiger partial charge in [0.15, 0.2) is 7.05 Å². The molecule has 0 aliphatic carbocycles. The highest BCUT2D eigenvalue weighted by atomic mass is 16.6. The Bertz CT molecular complexity index is 320. The number of hydrogen-bond donors (Lipinski definition) is 1. The molecule has 0 aromatic heterocycles. The van der Waals surface area contributed by atoms with Gasteiger partial charge in [0.25, 0.3) is 0 Å². The molecule has 2 rings (SSSR count). The molecule has 88 valence electrons. The fraction of sp³-hybridized carbons (Fsp3) is 0.455. The zero-order valence-corrected chi connectivity index (χ0v) is 9.07. The van der Waals surface area contributed by atoms with Crippen LogP contribution in [0.4, 0.5) is 0 Å². The van der Waals surface area contributed by atoms with E-state index < -0.39 is 4.92 Å². The Morgan fingerprint density at radius 2 is 2.06 bits per heavy atom. The summed E-state index contributed by atoms with van der Waals surface area (Å²) in [6.45, 7) is 0.809. The highest BCUT2D eigenvalue weighted by Crippen LogP contribution is 2.24. The molecule has 1 aromatic carbocycles. The molecule has 1 fully saturated rings. The average Bonchev–Trinajstić information content (AvgIpc) is 3.02. The number of benzene rings is 1. The molecule has 0 saturated carbocycles. The lowest BCUT2D eigenvalue weighted by Gasteiger charge is -2.07. The van der Waals surface area contributed by atoms with Crippen LogP contribution in [0.2, 0.25) is 0 Å². The van der Waals surface area contributed by atoms with E-state index in [1.165, 1.54) is 0 Å². The van der Waals surface area contributed by atoms with Gasteiger partial charge in [-0.25, -0.2) is 0 Å². The van der Waals surface area contributed by atoms with E-state index in [0.717, 1.165) is 25.6 Å². The van der Waals surface area contributed by atoms with Crippen molar-refractivity contribution >= 4 is 0 Å². The van der Waals surface area contributed by atoms with Crippen molar-refractivity contribution < 1.29 is 14.8 Å². The molecule has 16 heavy (non-hydrogen) atoms. The highest BCUT2D eigenvalue weighted by Gasteiger charge is 2.26. The van der Waals surface area contributed by atoms with Crippen LogP contribution in [0.3, 0.4) is 0 Å². The first-order valence-corrected chi connectivity index (χ1v) is 5.02. The van der Waals surface area contributed by atoms with E-state index in [-0.39, 0.29) is 6.10 Å². The molecule has 0 radical (unpaired) electrons. The van der Waals surface area contributed by atoms with Crippen LogP contribution >= 0.6 is 0 Å². The summed E-state index contributed by atoms with van der Waals surface area (Å²) in [5, 5.41) is 18.5. The maximum atomic E-state index is 9.65. The first kappa shape index (κ1) is 12.6. The van der Waals surface area contributed by atoms with Crippen molar-refractivity contribution in [2.75, 3.05) is 13.7 Å². The van der Waals surface area contributed by atoms with Gasteiger partial charge in [-0.15, -0.1) is 0 Å². The number of aliphatic hydroxyl groups excluding tert-OH is 1. The minimum absolute atomic E-state index is 0.292. The molecule has 5 nitrogen and oxygen atoms in total. The van der Waals surface area contributed by atoms with Crippen molar-refractivity contribution in [2.45, 2.75) is 18.6 Å². The zero-order chi connectivity index (χ0) is 12.0. The summed E-state index contributed by atoms with van der Waals surface area (Å²) in [6, 6.07) is 9.70. The normalized spacial score (nSPS) is 19.2. The summed E-state index contributed by atoms with van der Waals surface area (Å²) in [7, 11) is 0.889. The van der Waals surface area contributed by atoms with Crippen LogP contribution in [0.1, 0.15) is 18.1 Å². The Hall–Kier alpha value is -1.46. The Labute approximate surface area is 93.8 Å². The second kappa shape index (κ2) is 6.19. The van der Waals surface area contributed by atoms with Crippen LogP contribution in [-0.4, -0.2) is 29.8 Å². The van der Waals surface area contributed by atoms with Gasteiger partial charge in [-0.05, 0) is 5.56 Å². The van der Waals surface area contributed by atoms with E-state index in [1.807, 2.05) is 30.3 Å². The standard InChI is InChI=1S/C10H12O2.CH3NO2/c11-10(6-9-7-12-9)8-4-2-1-3-5-8;1-2(3)4/h1-5,9-11H,6-7H2;1H3. The lowest BCUT2D eigenvalue weighted by Crippen LogP contribution is -2.00. The van der Waals surface area contributed by atoms with E-state index >= 15 is 0 Å². The number of epoxide rings is 1. The molecule has 5 heteroatoms. The molecule has 1 aliphatic heterocycles. The number of rotatable bonds is 3. The topological polar surface area (TPSA) is 75.9 Å². The SMILES string of the molecule is C[N+](=O)[O-].OC(CC1CO1)c1ccccc1. The van der Waals surface area contributed by atoms with Gasteiger partial charge in [0.2, 0.25) is 0 Å². The Kier molecular flexibility index (Phi) is 4.88. The van der Waals surface area contributed by atoms with Crippen molar-refractivity contribution in [3.8, 4) is 0 Å². The summed E-state index contributed by atoms with van der Waals surface area (Å²) >= 11 is 0. The van der Waals surface area contributed by atoms with Crippen LogP contribution in [0, 0.1) is 10.1 Å². The largest absolute Gasteiger partial charge is 0.388 e. The quantitative estimate of drug-likeness (QED) is 0.479. The highest BCUT2D eigenvalue weighted by molar-refractivity contribution is 5.17. The van der Waals surface area contributed by atoms with E-state index in [1.54, 1.807) is 0 Å². The van der Waals surface area contributed by atoms with Crippen LogP contribution in [0.25, 0.3) is 0 Å². The van der Waals surface area contributed by atoms with Crippen LogP contribution < -0.4 is 0 Å². The Morgan fingerprint density at radius 1 is 1.56 bits per heavy atom. The van der Waals surface area contributed by atoms with Crippen LogP contribution in [0.5, 0.6) is 0 Å². The Morgan fingerprint density at radius 3 is 2.50 bits per heavy atom. The predicted molar refractivity (Wildman–Crippen MR) is 58.7 cm³/mol. The number of hydrogen-bond acceptors (Lipinski definition) is 4. The first-order chi connectivity index (χ1) is 7.59. The number of nitrogens with zero attached hydrogens (tertiary/aromatic N) is 1. The summed E-state index contributed by atoms with van der Waals surface area (Å²) in [6.07, 6.45) is 0.656. The number of nitro groups is 1. The molecule has 1 N–H and O–H groups in total. The van der Waals surface area contributed by atoms with Crippen molar-refractivity contribution in [1.82, 2.24) is 0 Å². The first-order valence-electron chi connectivity index (χ1n) is 5.02. The van der Waals surface area contributed by atoms with Crippen molar-refractivity contribution in [3.05, 3.63) is 46.0 Å². The van der Waals surface area contributed by atoms with E-state index in [2.05, 4.69) is 0 Å². The summed E-state index contributed by atoms with van der Waals surface area (Å²) in [4.78, 5) is 8.31. The van der Waals surface area contributed by atoms with Crippen molar-refractivity contribution in [1.29, 1.82) is 0 Å². The molecule has 2 atom stereocenters. The van der Waals surface area contributed by atoms with Crippen molar-refractivity contribution in [2.24, 2.45) is 0 Å². The van der Waals surface area contributed by atoms with Gasteiger partial charge in [0, 0.05) is 11.3 Å². The van der Waals surface area contributed by atoms with E-state index in [9.17, 15) is 5.11 Å². The van der Waals surface area contributed by atoms with Crippen LogP contribution in [0.15, 0.2) is 30.3 Å². The number of aliphatic hydroxyl groups is 1. The van der Waals surface area contributed by atoms with Gasteiger partial charge >= 0.3 is 0 Å². The van der Waals surface area contributed by atoms with Gasteiger partial charge < -0.3 is 9.84 Å². The minimum Gasteiger partial charge on any atom is -0.388 e. The fourth-order valence-corrected chi connectivity index (χ4v) is 1.26. The third-order valence-corrected chi connectivity index (χ3v) is 2.07. The molecule has 1 saturated heterocycles. The average molecular weight is 225 g/mol. The van der Waals surface area contributed by atoms with Crippen LogP contribution in [-0.2, 0) is 4.74 Å². The predicted octanol–water partition coefficient (Wildman–Crippen LogP) is 1.40. The lowest BCUT2D eigenvalue weighted by atomic mass is 10.1. The molecule has 1 aromatic rings. The summed E-state index contributed by atoms with van der Waals surface area (Å²) in [5.74, 6) is 0. The van der Waals surface area contributed by atoms with Gasteiger partial charge in [-0.1, -0.05) is 30.3 Å². The molecule has 0 amide bonds. The monoisotopic (exact) mass is 225 g/mol. The van der Waals surface area contributed by atoms with Gasteiger partial charge in [-0.3, -0.25) is 10.1 Å². The molecular weight excluding hydrogens is 210 g/mol. The summed E-state index contributed by atoms with van der Waals surface area (Å²) < 4.78 is 5.04. The number of ether oxygens (including phenoxy) is 1. The van der Waals surface area contributed by atoms with E-state index in [0.29, 0.717) is 6.10 Å². The van der Waals surface area contributed by atoms with Gasteiger partial charge in [0.05, 0.1) is 18.8 Å². The smallest absolute Gasteiger partial charge is 0.194 e. The second-order valence-corrected chi connectivity index (χ2v) is 3.56. The zero-order valence-electron chi connectivity index (χ0n) is 9.07. The third-order valence-electron chi connectivity index (χ3n) is 2.07. The molecule has 1 heterocycles. The van der Waals surface area contributed by atoms with Gasteiger partial charge in [0.1, 0.15) is 0 Å². The summed E-state index contributed by atoms with van der Waals surface area (Å²) in [5.41, 5.74) is 0.980. The molecule has 0 bridgehead atoms. The maximum absolute atomic E-state index is 9.65. The molecule has 2 unspecified atom stereocenters. The lowest BCUT2D eigenvalue weighted by molar-refractivity contribution is -0.445. The van der Waals surface area contributed by atoms with E-state index in [4.69, 9.17) is 14.9 Å². The third kappa shape index (κ3) is 5.43. The molecular formula is C11H15NO4. The molecule has 0 spiro atoms. The molecule has 1 aliphatic rings. The van der Waals surface area contributed by atoms with Gasteiger partial charge in [-0.2, -0.15) is 0 Å².